The molecule has 0 spiro atoms. The number of thiophene rings is 3. The van der Waals surface area contributed by atoms with E-state index in [0.717, 1.165) is 108 Å². The van der Waals surface area contributed by atoms with Crippen molar-refractivity contribution >= 4 is 226 Å². The third-order valence-corrected chi connectivity index (χ3v) is 24.7. The van der Waals surface area contributed by atoms with E-state index in [0.29, 0.717) is 0 Å². The average molecular weight is 1340 g/mol. The summed E-state index contributed by atoms with van der Waals surface area (Å²) < 4.78 is 15.5. The smallest absolute Gasteiger partial charge is 0.256 e. The monoisotopic (exact) mass is 1340 g/mol. The van der Waals surface area contributed by atoms with E-state index in [1.165, 1.54) is 82.4 Å². The Morgan fingerprint density at radius 2 is 0.703 bits per heavy atom. The van der Waals surface area contributed by atoms with Crippen LogP contribution in [0.3, 0.4) is 0 Å². The molecule has 22 rings (SSSR count). The maximum atomic E-state index is 8.01. The van der Waals surface area contributed by atoms with Gasteiger partial charge >= 0.3 is 0 Å². The molecule has 7 heterocycles. The van der Waals surface area contributed by atoms with Crippen LogP contribution in [-0.4, -0.2) is 13.4 Å². The first kappa shape index (κ1) is 56.9. The lowest BCUT2D eigenvalue weighted by Gasteiger charge is -2.46. The molecule has 0 aliphatic carbocycles. The summed E-state index contributed by atoms with van der Waals surface area (Å²) in [5, 5.41) is 7.47. The van der Waals surface area contributed by atoms with Gasteiger partial charge in [-0.25, -0.2) is 0 Å². The van der Waals surface area contributed by atoms with Gasteiger partial charge in [-0.2, -0.15) is 0 Å². The van der Waals surface area contributed by atoms with Gasteiger partial charge in [0.2, 0.25) is 0 Å². The van der Waals surface area contributed by atoms with E-state index in [1.807, 2.05) is 34.0 Å². The predicted octanol–water partition coefficient (Wildman–Crippen LogP) is 22.2. The van der Waals surface area contributed by atoms with Crippen LogP contribution in [0.5, 0.6) is 11.5 Å². The summed E-state index contributed by atoms with van der Waals surface area (Å²) in [5.74, 6) is 1.65. The van der Waals surface area contributed by atoms with E-state index >= 15 is 0 Å². The van der Waals surface area contributed by atoms with Crippen LogP contribution in [0.25, 0.3) is 60.5 Å². The van der Waals surface area contributed by atoms with Crippen molar-refractivity contribution in [3.05, 3.63) is 334 Å². The summed E-state index contributed by atoms with van der Waals surface area (Å²) in [7, 11) is 0. The molecule has 0 bridgehead atoms. The second-order valence-electron chi connectivity index (χ2n) is 26.6. The standard InChI is InChI=1S/C90H55B2N5OS3/c1-5-26-56(27-6-1)93(72-42-24-48-84-86(72)64-35-14-21-46-82(64)99-84)60-50-76-88-77(51-60)96(59-32-11-4-12-33-59)75-55-79-69(54-68(75)91(88)66-38-16-18-40-70(66)95(76)58-30-9-3-10-31-58)92-67-39-17-19-41-71(67)97(73-43-25-49-85-87(73)65-36-15-22-47-83(65)100-85)78-52-61(53-80(98-79)89(78)92)94(57-28-7-2-8-29-57)74-44-23-37-63-62-34-13-20-45-81(62)101-90(63)74/h1-55H. The Labute approximate surface area is 596 Å². The maximum Gasteiger partial charge on any atom is 0.256 e. The quantitative estimate of drug-likeness (QED) is 0.134. The predicted molar refractivity (Wildman–Crippen MR) is 434 cm³/mol. The van der Waals surface area contributed by atoms with E-state index in [9.17, 15) is 0 Å². The van der Waals surface area contributed by atoms with Crippen molar-refractivity contribution in [3.8, 4) is 11.5 Å². The van der Waals surface area contributed by atoms with Crippen molar-refractivity contribution in [2.75, 3.05) is 24.5 Å². The third-order valence-electron chi connectivity index (χ3n) is 21.2. The van der Waals surface area contributed by atoms with Crippen molar-refractivity contribution in [1.82, 2.24) is 0 Å². The van der Waals surface area contributed by atoms with Gasteiger partial charge in [0.1, 0.15) is 11.5 Å². The first-order valence-corrected chi connectivity index (χ1v) is 36.9. The maximum absolute atomic E-state index is 8.01. The molecular formula is C90H55B2N5OS3. The van der Waals surface area contributed by atoms with Gasteiger partial charge in [-0.3, -0.25) is 0 Å². The molecule has 6 nitrogen and oxygen atoms in total. The lowest BCUT2D eigenvalue weighted by molar-refractivity contribution is 0.488. The molecule has 4 aliphatic heterocycles. The van der Waals surface area contributed by atoms with Crippen LogP contribution >= 0.6 is 34.0 Å². The van der Waals surface area contributed by atoms with Crippen LogP contribution in [0.15, 0.2) is 334 Å². The van der Waals surface area contributed by atoms with Crippen molar-refractivity contribution in [2.24, 2.45) is 0 Å². The van der Waals surface area contributed by atoms with Crippen LogP contribution in [0, 0.1) is 0 Å². The van der Waals surface area contributed by atoms with E-state index in [1.54, 1.807) is 0 Å². The Kier molecular flexibility index (Phi) is 12.5. The SMILES string of the molecule is c1ccc(N2c3ccccc3B3c4cc5c(cc4N(c4ccccc4)c4cc(N(c6ccccc6)c6cccc7sc8ccccc8c67)cc2c43)Oc2cc(N(c3ccccc3)c3cccc4c3sc3ccccc34)cc3c2B5c2ccccc2N3c2cccc3sc4ccccc4c23)cc1. The van der Waals surface area contributed by atoms with E-state index < -0.39 is 0 Å². The molecule has 0 saturated carbocycles. The molecule has 101 heavy (non-hydrogen) atoms. The summed E-state index contributed by atoms with van der Waals surface area (Å²) in [6, 6.07) is 124. The second kappa shape index (κ2) is 22.2. The number of hydrogen-bond acceptors (Lipinski definition) is 9. The lowest BCUT2D eigenvalue weighted by atomic mass is 9.30. The van der Waals surface area contributed by atoms with Crippen molar-refractivity contribution in [2.45, 2.75) is 0 Å². The Balaban J connectivity index is 0.825. The highest BCUT2D eigenvalue weighted by atomic mass is 32.1. The fourth-order valence-electron chi connectivity index (χ4n) is 17.1. The van der Waals surface area contributed by atoms with Gasteiger partial charge in [0, 0.05) is 125 Å². The summed E-state index contributed by atoms with van der Waals surface area (Å²) in [5.41, 5.74) is 23.5. The summed E-state index contributed by atoms with van der Waals surface area (Å²) in [6.07, 6.45) is 0. The number of nitrogens with zero attached hydrogens (tertiary/aromatic N) is 5. The molecule has 4 aliphatic rings. The first-order valence-electron chi connectivity index (χ1n) is 34.4. The van der Waals surface area contributed by atoms with E-state index in [2.05, 4.69) is 358 Å². The summed E-state index contributed by atoms with van der Waals surface area (Å²) in [4.78, 5) is 12.6. The zero-order valence-corrected chi connectivity index (χ0v) is 56.7. The third kappa shape index (κ3) is 8.46. The number of hydrogen-bond donors (Lipinski definition) is 0. The normalized spacial score (nSPS) is 13.1. The van der Waals surface area contributed by atoms with Gasteiger partial charge in [-0.05, 0) is 160 Å². The number of para-hydroxylation sites is 6. The first-order chi connectivity index (χ1) is 50.1. The molecule has 0 fully saturated rings. The van der Waals surface area contributed by atoms with Gasteiger partial charge in [0.05, 0.1) is 33.1 Å². The van der Waals surface area contributed by atoms with Crippen LogP contribution < -0.4 is 62.0 Å². The second-order valence-corrected chi connectivity index (χ2v) is 29.8. The fraction of sp³-hybridized carbons (Fsp3) is 0. The molecule has 15 aromatic carbocycles. The number of benzene rings is 15. The molecule has 0 unspecified atom stereocenters. The van der Waals surface area contributed by atoms with Gasteiger partial charge < -0.3 is 29.2 Å². The number of ether oxygens (including phenoxy) is 1. The van der Waals surface area contributed by atoms with Crippen LogP contribution in [0.1, 0.15) is 0 Å². The van der Waals surface area contributed by atoms with Crippen molar-refractivity contribution < 1.29 is 4.74 Å². The molecule has 3 aromatic heterocycles. The Hall–Kier alpha value is -12.1. The minimum atomic E-state index is -0.228. The zero-order valence-electron chi connectivity index (χ0n) is 54.3. The lowest BCUT2D eigenvalue weighted by Crippen LogP contribution is -2.64. The van der Waals surface area contributed by atoms with Crippen LogP contribution in [0.4, 0.5) is 85.3 Å². The van der Waals surface area contributed by atoms with E-state index in [-0.39, 0.29) is 13.4 Å². The van der Waals surface area contributed by atoms with Crippen LogP contribution in [-0.2, 0) is 0 Å². The van der Waals surface area contributed by atoms with Gasteiger partial charge in [-0.1, -0.05) is 194 Å². The Morgan fingerprint density at radius 1 is 0.257 bits per heavy atom. The highest BCUT2D eigenvalue weighted by Gasteiger charge is 2.48. The molecule has 0 atom stereocenters. The van der Waals surface area contributed by atoms with Crippen LogP contribution in [0.2, 0.25) is 0 Å². The highest BCUT2D eigenvalue weighted by Crippen LogP contribution is 2.55. The molecule has 0 radical (unpaired) electrons. The fourth-order valence-corrected chi connectivity index (χ4v) is 20.6. The summed E-state index contributed by atoms with van der Waals surface area (Å²) in [6.45, 7) is -0.424. The van der Waals surface area contributed by atoms with Gasteiger partial charge in [0.25, 0.3) is 13.4 Å². The van der Waals surface area contributed by atoms with Crippen molar-refractivity contribution in [1.29, 1.82) is 0 Å². The number of rotatable bonds is 9. The Bertz CT molecular complexity index is 6460. The van der Waals surface area contributed by atoms with Gasteiger partial charge in [0.15, 0.2) is 0 Å². The number of anilines is 15. The summed E-state index contributed by atoms with van der Waals surface area (Å²) >= 11 is 5.57. The molecule has 18 aromatic rings. The molecule has 11 heteroatoms. The van der Waals surface area contributed by atoms with E-state index in [4.69, 9.17) is 4.74 Å². The molecular weight excluding hydrogens is 1280 g/mol. The number of fused-ring (bicyclic) bond motifs is 17. The van der Waals surface area contributed by atoms with Gasteiger partial charge in [-0.15, -0.1) is 34.0 Å². The highest BCUT2D eigenvalue weighted by molar-refractivity contribution is 7.27. The zero-order chi connectivity index (χ0) is 66.0. The molecule has 0 saturated heterocycles. The largest absolute Gasteiger partial charge is 0.458 e. The topological polar surface area (TPSA) is 25.4 Å². The Morgan fingerprint density at radius 3 is 1.36 bits per heavy atom. The molecule has 0 amide bonds. The van der Waals surface area contributed by atoms with Crippen molar-refractivity contribution in [3.63, 3.8) is 0 Å². The minimum absolute atomic E-state index is 0.195. The molecule has 470 valence electrons. The minimum Gasteiger partial charge on any atom is -0.458 e. The average Bonchev–Trinajstić information content (AvgIpc) is 1.21. The molecule has 0 N–H and O–H groups in total.